The first-order valence-electron chi connectivity index (χ1n) is 7.71. The Kier molecular flexibility index (Phi) is 4.03. The van der Waals surface area contributed by atoms with E-state index in [1.54, 1.807) is 4.68 Å². The van der Waals surface area contributed by atoms with E-state index < -0.39 is 0 Å². The van der Waals surface area contributed by atoms with Gasteiger partial charge in [-0.15, -0.1) is 16.4 Å². The number of hydrogen-bond donors (Lipinski definition) is 1. The lowest BCUT2D eigenvalue weighted by atomic mass is 10.0. The molecule has 9 nitrogen and oxygen atoms in total. The van der Waals surface area contributed by atoms with Crippen LogP contribution in [-0.4, -0.2) is 36.3 Å². The zero-order chi connectivity index (χ0) is 16.4. The lowest BCUT2D eigenvalue weighted by Gasteiger charge is -2.12. The van der Waals surface area contributed by atoms with Gasteiger partial charge in [0.2, 0.25) is 5.91 Å². The Morgan fingerprint density at radius 2 is 2.42 bits per heavy atom. The van der Waals surface area contributed by atoms with Gasteiger partial charge >= 0.3 is 0 Å². The van der Waals surface area contributed by atoms with Crippen molar-refractivity contribution in [2.24, 2.45) is 0 Å². The molecule has 1 aliphatic rings. The molecular weight excluding hydrogens is 330 g/mol. The molecule has 0 saturated carbocycles. The van der Waals surface area contributed by atoms with Crippen molar-refractivity contribution >= 4 is 17.2 Å². The zero-order valence-corrected chi connectivity index (χ0v) is 13.6. The third kappa shape index (κ3) is 2.92. The van der Waals surface area contributed by atoms with Gasteiger partial charge in [-0.05, 0) is 34.7 Å². The summed E-state index contributed by atoms with van der Waals surface area (Å²) >= 11 is 1.52. The number of carbonyl (C=O) groups is 1. The highest BCUT2D eigenvalue weighted by Crippen LogP contribution is 2.24. The third-order valence-electron chi connectivity index (χ3n) is 3.92. The topological polar surface area (TPSA) is 112 Å². The summed E-state index contributed by atoms with van der Waals surface area (Å²) in [7, 11) is 0. The van der Waals surface area contributed by atoms with E-state index in [0.29, 0.717) is 17.5 Å². The molecule has 124 valence electrons. The highest BCUT2D eigenvalue weighted by molar-refractivity contribution is 7.13. The van der Waals surface area contributed by atoms with Crippen LogP contribution in [0.4, 0.5) is 0 Å². The Labute approximate surface area is 141 Å². The van der Waals surface area contributed by atoms with Crippen LogP contribution in [0.15, 0.2) is 22.0 Å². The number of fused-ring (bicyclic) bond motifs is 1. The van der Waals surface area contributed by atoms with Crippen molar-refractivity contribution in [2.75, 3.05) is 0 Å². The number of hydrogen-bond acceptors (Lipinski definition) is 8. The van der Waals surface area contributed by atoms with Crippen molar-refractivity contribution in [3.05, 3.63) is 29.2 Å². The normalized spacial score (nSPS) is 17.2. The van der Waals surface area contributed by atoms with Gasteiger partial charge in [-0.1, -0.05) is 17.6 Å². The highest BCUT2D eigenvalue weighted by Gasteiger charge is 2.28. The molecule has 0 fully saturated rings. The first kappa shape index (κ1) is 14.9. The smallest absolute Gasteiger partial charge is 0.268 e. The maximum atomic E-state index is 12.5. The van der Waals surface area contributed by atoms with Crippen LogP contribution in [0.5, 0.6) is 0 Å². The Morgan fingerprint density at radius 1 is 1.46 bits per heavy atom. The number of tetrazole rings is 1. The van der Waals surface area contributed by atoms with Crippen LogP contribution in [0.25, 0.3) is 10.8 Å². The standard InChI is InChI=1S/C14H15N7O2S/c22-13(9-4-1-2-6-21-12(9)17-19-20-21)15-8-11-16-14(23-18-11)10-5-3-7-24-10/h3,5,7,9H,1-2,4,6,8H2,(H,15,22)/t9-/m1/s1. The maximum absolute atomic E-state index is 12.5. The second-order valence-electron chi connectivity index (χ2n) is 5.52. The summed E-state index contributed by atoms with van der Waals surface area (Å²) in [5, 5.41) is 20.3. The van der Waals surface area contributed by atoms with Crippen LogP contribution in [0, 0.1) is 0 Å². The summed E-state index contributed by atoms with van der Waals surface area (Å²) in [6, 6.07) is 3.83. The molecule has 24 heavy (non-hydrogen) atoms. The molecule has 0 aliphatic carbocycles. The monoisotopic (exact) mass is 345 g/mol. The molecule has 0 bridgehead atoms. The van der Waals surface area contributed by atoms with Gasteiger partial charge in [0.25, 0.3) is 5.89 Å². The van der Waals surface area contributed by atoms with Crippen LogP contribution in [0.3, 0.4) is 0 Å². The Morgan fingerprint density at radius 3 is 3.29 bits per heavy atom. The second-order valence-corrected chi connectivity index (χ2v) is 6.47. The van der Waals surface area contributed by atoms with Gasteiger partial charge in [0.05, 0.1) is 17.3 Å². The lowest BCUT2D eigenvalue weighted by Crippen LogP contribution is -2.30. The average molecular weight is 345 g/mol. The summed E-state index contributed by atoms with van der Waals surface area (Å²) in [6.45, 7) is 0.965. The van der Waals surface area contributed by atoms with Crippen molar-refractivity contribution in [2.45, 2.75) is 38.3 Å². The molecule has 4 rings (SSSR count). The van der Waals surface area contributed by atoms with Crippen molar-refractivity contribution in [3.8, 4) is 10.8 Å². The predicted molar refractivity (Wildman–Crippen MR) is 83.9 cm³/mol. The van der Waals surface area contributed by atoms with Gasteiger partial charge < -0.3 is 9.84 Å². The minimum atomic E-state index is -0.342. The van der Waals surface area contributed by atoms with Crippen molar-refractivity contribution in [1.82, 2.24) is 35.7 Å². The van der Waals surface area contributed by atoms with Crippen molar-refractivity contribution in [3.63, 3.8) is 0 Å². The van der Waals surface area contributed by atoms with E-state index in [1.807, 2.05) is 17.5 Å². The number of thiophene rings is 1. The van der Waals surface area contributed by atoms with E-state index in [1.165, 1.54) is 11.3 Å². The molecule has 3 aromatic rings. The summed E-state index contributed by atoms with van der Waals surface area (Å²) in [5.41, 5.74) is 0. The molecule has 3 aromatic heterocycles. The number of amides is 1. The quantitative estimate of drug-likeness (QED) is 0.760. The fourth-order valence-electron chi connectivity index (χ4n) is 2.72. The minimum absolute atomic E-state index is 0.115. The molecule has 1 amide bonds. The van der Waals surface area contributed by atoms with Crippen LogP contribution in [-0.2, 0) is 17.9 Å². The number of nitrogens with zero attached hydrogens (tertiary/aromatic N) is 6. The summed E-state index contributed by atoms with van der Waals surface area (Å²) < 4.78 is 6.92. The van der Waals surface area contributed by atoms with E-state index in [0.717, 1.165) is 30.7 Å². The van der Waals surface area contributed by atoms with E-state index >= 15 is 0 Å². The lowest BCUT2D eigenvalue weighted by molar-refractivity contribution is -0.123. The van der Waals surface area contributed by atoms with Crippen LogP contribution in [0.2, 0.25) is 0 Å². The molecule has 0 saturated heterocycles. The van der Waals surface area contributed by atoms with Gasteiger partial charge in [0.15, 0.2) is 11.6 Å². The summed E-state index contributed by atoms with van der Waals surface area (Å²) in [4.78, 5) is 17.7. The first-order chi connectivity index (χ1) is 11.8. The fourth-order valence-corrected chi connectivity index (χ4v) is 3.37. The molecule has 10 heteroatoms. The van der Waals surface area contributed by atoms with E-state index in [9.17, 15) is 4.79 Å². The molecular formula is C14H15N7O2S. The zero-order valence-electron chi connectivity index (χ0n) is 12.8. The first-order valence-corrected chi connectivity index (χ1v) is 8.59. The molecule has 0 aromatic carbocycles. The highest BCUT2D eigenvalue weighted by atomic mass is 32.1. The summed E-state index contributed by atoms with van der Waals surface area (Å²) in [6.07, 6.45) is 2.66. The SMILES string of the molecule is O=C(NCc1noc(-c2cccs2)n1)[C@@H]1CCCCn2nnnc21. The van der Waals surface area contributed by atoms with Gasteiger partial charge in [-0.25, -0.2) is 4.68 Å². The Balaban J connectivity index is 1.42. The largest absolute Gasteiger partial charge is 0.348 e. The Hall–Kier alpha value is -2.62. The molecule has 0 spiro atoms. The van der Waals surface area contributed by atoms with E-state index in [-0.39, 0.29) is 18.4 Å². The molecule has 1 N–H and O–H groups in total. The van der Waals surface area contributed by atoms with E-state index in [2.05, 4.69) is 31.0 Å². The fraction of sp³-hybridized carbons (Fsp3) is 0.429. The minimum Gasteiger partial charge on any atom is -0.348 e. The van der Waals surface area contributed by atoms with Crippen LogP contribution in [0.1, 0.15) is 36.8 Å². The molecule has 1 aliphatic heterocycles. The van der Waals surface area contributed by atoms with Crippen LogP contribution < -0.4 is 5.32 Å². The second kappa shape index (κ2) is 6.48. The molecule has 1 atom stereocenters. The van der Waals surface area contributed by atoms with Crippen molar-refractivity contribution in [1.29, 1.82) is 0 Å². The van der Waals surface area contributed by atoms with Gasteiger partial charge in [0.1, 0.15) is 0 Å². The maximum Gasteiger partial charge on any atom is 0.268 e. The predicted octanol–water partition coefficient (Wildman–Crippen LogP) is 1.37. The number of aryl methyl sites for hydroxylation is 1. The van der Waals surface area contributed by atoms with Crippen molar-refractivity contribution < 1.29 is 9.32 Å². The van der Waals surface area contributed by atoms with Gasteiger partial charge in [-0.3, -0.25) is 4.79 Å². The molecule has 0 unspecified atom stereocenters. The molecule has 0 radical (unpaired) electrons. The number of nitrogens with one attached hydrogen (secondary N) is 1. The molecule has 4 heterocycles. The average Bonchev–Trinajstić information content (AvgIpc) is 3.32. The number of aromatic nitrogens is 6. The van der Waals surface area contributed by atoms with Crippen LogP contribution >= 0.6 is 11.3 Å². The van der Waals surface area contributed by atoms with Gasteiger partial charge in [-0.2, -0.15) is 4.98 Å². The summed E-state index contributed by atoms with van der Waals surface area (Å²) in [5.74, 6) is 1.08. The van der Waals surface area contributed by atoms with Gasteiger partial charge in [0, 0.05) is 6.54 Å². The Bertz CT molecular complexity index is 826. The van der Waals surface area contributed by atoms with E-state index in [4.69, 9.17) is 4.52 Å². The number of carbonyl (C=O) groups excluding carboxylic acids is 1. The third-order valence-corrected chi connectivity index (χ3v) is 4.78. The number of rotatable bonds is 4.